The molecule has 3 aromatic heterocycles. The first kappa shape index (κ1) is 12.4. The Morgan fingerprint density at radius 2 is 1.81 bits per heavy atom. The van der Waals surface area contributed by atoms with Gasteiger partial charge < -0.3 is 0 Å². The van der Waals surface area contributed by atoms with Crippen LogP contribution in [-0.2, 0) is 0 Å². The highest BCUT2D eigenvalue weighted by atomic mass is 32.1. The largest absolute Gasteiger partial charge is 0.290 e. The van der Waals surface area contributed by atoms with Gasteiger partial charge in [0, 0.05) is 27.2 Å². The third kappa shape index (κ3) is 2.18. The highest BCUT2D eigenvalue weighted by Gasteiger charge is 2.14. The van der Waals surface area contributed by atoms with E-state index in [4.69, 9.17) is 0 Å². The lowest BCUT2D eigenvalue weighted by molar-refractivity contribution is 0.103. The summed E-state index contributed by atoms with van der Waals surface area (Å²) >= 11 is 3.21. The minimum absolute atomic E-state index is 0.168. The number of hydrogen-bond acceptors (Lipinski definition) is 5. The SMILES string of the molecule is O=C(Nc1ncccn1)c1cc2sc3ccccc3c2s1. The molecule has 0 radical (unpaired) electrons. The van der Waals surface area contributed by atoms with Crippen LogP contribution in [0.5, 0.6) is 0 Å². The number of nitrogens with one attached hydrogen (secondary N) is 1. The van der Waals surface area contributed by atoms with E-state index in [9.17, 15) is 4.79 Å². The maximum absolute atomic E-state index is 12.2. The summed E-state index contributed by atoms with van der Waals surface area (Å²) < 4.78 is 3.55. The number of anilines is 1. The monoisotopic (exact) mass is 311 g/mol. The molecule has 0 aliphatic rings. The van der Waals surface area contributed by atoms with Gasteiger partial charge in [-0.3, -0.25) is 10.1 Å². The van der Waals surface area contributed by atoms with Gasteiger partial charge in [-0.05, 0) is 18.2 Å². The summed E-state index contributed by atoms with van der Waals surface area (Å²) in [6.07, 6.45) is 3.20. The van der Waals surface area contributed by atoms with Crippen molar-refractivity contribution in [3.8, 4) is 0 Å². The van der Waals surface area contributed by atoms with E-state index in [1.165, 1.54) is 21.4 Å². The third-order valence-corrected chi connectivity index (χ3v) is 5.48. The summed E-state index contributed by atoms with van der Waals surface area (Å²) in [7, 11) is 0. The molecule has 0 saturated carbocycles. The Kier molecular flexibility index (Phi) is 2.90. The second-order valence-corrected chi connectivity index (χ2v) is 6.56. The molecule has 0 unspecified atom stereocenters. The first-order valence-corrected chi connectivity index (χ1v) is 7.94. The van der Waals surface area contributed by atoms with Gasteiger partial charge in [-0.15, -0.1) is 22.7 Å². The summed E-state index contributed by atoms with van der Waals surface area (Å²) in [5.41, 5.74) is 0. The zero-order chi connectivity index (χ0) is 14.2. The Bertz CT molecular complexity index is 943. The van der Waals surface area contributed by atoms with Crippen molar-refractivity contribution >= 4 is 54.0 Å². The molecular weight excluding hydrogens is 302 g/mol. The van der Waals surface area contributed by atoms with Crippen molar-refractivity contribution in [2.45, 2.75) is 0 Å². The first-order valence-electron chi connectivity index (χ1n) is 6.31. The van der Waals surface area contributed by atoms with Gasteiger partial charge >= 0.3 is 0 Å². The summed E-state index contributed by atoms with van der Waals surface area (Å²) in [6, 6.07) is 11.9. The van der Waals surface area contributed by atoms with Crippen molar-refractivity contribution in [1.82, 2.24) is 9.97 Å². The van der Waals surface area contributed by atoms with Crippen molar-refractivity contribution < 1.29 is 4.79 Å². The Morgan fingerprint density at radius 3 is 2.67 bits per heavy atom. The van der Waals surface area contributed by atoms with Crippen LogP contribution in [0.1, 0.15) is 9.67 Å². The van der Waals surface area contributed by atoms with E-state index in [-0.39, 0.29) is 5.91 Å². The number of carbonyl (C=O) groups is 1. The molecule has 6 heteroatoms. The minimum atomic E-state index is -0.168. The number of carbonyl (C=O) groups excluding carboxylic acids is 1. The van der Waals surface area contributed by atoms with Crippen LogP contribution in [0, 0.1) is 0 Å². The van der Waals surface area contributed by atoms with Crippen LogP contribution in [0.4, 0.5) is 5.95 Å². The molecule has 0 saturated heterocycles. The smallest absolute Gasteiger partial charge is 0.268 e. The normalized spacial score (nSPS) is 11.0. The molecule has 102 valence electrons. The third-order valence-electron chi connectivity index (χ3n) is 3.06. The number of amides is 1. The van der Waals surface area contributed by atoms with Gasteiger partial charge in [0.1, 0.15) is 0 Å². The molecule has 0 atom stereocenters. The number of nitrogens with zero attached hydrogens (tertiary/aromatic N) is 2. The van der Waals surface area contributed by atoms with Gasteiger partial charge in [0.25, 0.3) is 5.91 Å². The molecule has 1 aromatic carbocycles. The lowest BCUT2D eigenvalue weighted by atomic mass is 10.2. The van der Waals surface area contributed by atoms with Crippen LogP contribution >= 0.6 is 22.7 Å². The average molecular weight is 311 g/mol. The highest BCUT2D eigenvalue weighted by molar-refractivity contribution is 7.33. The molecule has 3 heterocycles. The fourth-order valence-corrected chi connectivity index (χ4v) is 4.56. The second kappa shape index (κ2) is 4.91. The molecule has 0 aliphatic carbocycles. The fraction of sp³-hybridized carbons (Fsp3) is 0. The van der Waals surface area contributed by atoms with Crippen LogP contribution in [0.25, 0.3) is 19.5 Å². The topological polar surface area (TPSA) is 54.9 Å². The van der Waals surface area contributed by atoms with Crippen LogP contribution < -0.4 is 5.32 Å². The Hall–Kier alpha value is -2.31. The number of rotatable bonds is 2. The highest BCUT2D eigenvalue weighted by Crippen LogP contribution is 2.39. The fourth-order valence-electron chi connectivity index (χ4n) is 2.14. The molecule has 0 bridgehead atoms. The number of thiophene rings is 2. The number of aromatic nitrogens is 2. The average Bonchev–Trinajstić information content (AvgIpc) is 3.06. The molecule has 1 N–H and O–H groups in total. The molecule has 0 aliphatic heterocycles. The van der Waals surface area contributed by atoms with E-state index in [1.54, 1.807) is 29.8 Å². The van der Waals surface area contributed by atoms with Gasteiger partial charge in [0.05, 0.1) is 9.58 Å². The standard InChI is InChI=1S/C15H9N3OS2/c19-14(18-15-16-6-3-7-17-15)12-8-11-13(21-12)9-4-1-2-5-10(9)20-11/h1-8H,(H,16,17,18,19). The molecule has 4 aromatic rings. The van der Waals surface area contributed by atoms with Crippen LogP contribution in [0.2, 0.25) is 0 Å². The van der Waals surface area contributed by atoms with Crippen molar-refractivity contribution in [1.29, 1.82) is 0 Å². The molecule has 0 fully saturated rings. The Balaban J connectivity index is 1.72. The van der Waals surface area contributed by atoms with Gasteiger partial charge in [-0.25, -0.2) is 9.97 Å². The van der Waals surface area contributed by atoms with Gasteiger partial charge in [-0.2, -0.15) is 0 Å². The minimum Gasteiger partial charge on any atom is -0.290 e. The van der Waals surface area contributed by atoms with Gasteiger partial charge in [0.15, 0.2) is 0 Å². The predicted octanol–water partition coefficient (Wildman–Crippen LogP) is 4.16. The maximum Gasteiger partial charge on any atom is 0.268 e. The van der Waals surface area contributed by atoms with E-state index in [0.29, 0.717) is 10.8 Å². The van der Waals surface area contributed by atoms with Crippen molar-refractivity contribution in [2.75, 3.05) is 5.32 Å². The molecule has 0 spiro atoms. The van der Waals surface area contributed by atoms with Gasteiger partial charge in [0.2, 0.25) is 5.95 Å². The molecule has 1 amide bonds. The van der Waals surface area contributed by atoms with E-state index < -0.39 is 0 Å². The lowest BCUT2D eigenvalue weighted by Crippen LogP contribution is -2.12. The molecule has 4 nitrogen and oxygen atoms in total. The Labute approximate surface area is 128 Å². The van der Waals surface area contributed by atoms with E-state index in [0.717, 1.165) is 9.40 Å². The summed E-state index contributed by atoms with van der Waals surface area (Å²) in [6.45, 7) is 0. The number of benzene rings is 1. The first-order chi connectivity index (χ1) is 10.3. The molecule has 21 heavy (non-hydrogen) atoms. The molecular formula is C15H9N3OS2. The van der Waals surface area contributed by atoms with Crippen molar-refractivity contribution in [3.63, 3.8) is 0 Å². The Morgan fingerprint density at radius 1 is 1.00 bits per heavy atom. The van der Waals surface area contributed by atoms with Crippen LogP contribution in [0.3, 0.4) is 0 Å². The molecule has 4 rings (SSSR count). The number of fused-ring (bicyclic) bond motifs is 3. The summed E-state index contributed by atoms with van der Waals surface area (Å²) in [4.78, 5) is 20.9. The van der Waals surface area contributed by atoms with E-state index >= 15 is 0 Å². The lowest BCUT2D eigenvalue weighted by Gasteiger charge is -1.99. The summed E-state index contributed by atoms with van der Waals surface area (Å²) in [5, 5.41) is 3.92. The van der Waals surface area contributed by atoms with E-state index in [2.05, 4.69) is 27.4 Å². The zero-order valence-corrected chi connectivity index (χ0v) is 12.4. The maximum atomic E-state index is 12.2. The van der Waals surface area contributed by atoms with Crippen molar-refractivity contribution in [3.05, 3.63) is 53.7 Å². The van der Waals surface area contributed by atoms with Crippen LogP contribution in [-0.4, -0.2) is 15.9 Å². The summed E-state index contributed by atoms with van der Waals surface area (Å²) in [5.74, 6) is 0.155. The van der Waals surface area contributed by atoms with E-state index in [1.807, 2.05) is 18.2 Å². The van der Waals surface area contributed by atoms with Crippen LogP contribution in [0.15, 0.2) is 48.8 Å². The predicted molar refractivity (Wildman–Crippen MR) is 87.2 cm³/mol. The quantitative estimate of drug-likeness (QED) is 0.605. The second-order valence-electron chi connectivity index (χ2n) is 4.43. The number of hydrogen-bond donors (Lipinski definition) is 1. The zero-order valence-electron chi connectivity index (χ0n) is 10.7. The van der Waals surface area contributed by atoms with Crippen molar-refractivity contribution in [2.24, 2.45) is 0 Å². The van der Waals surface area contributed by atoms with Gasteiger partial charge in [-0.1, -0.05) is 18.2 Å².